The fourth-order valence-electron chi connectivity index (χ4n) is 4.59. The van der Waals surface area contributed by atoms with E-state index < -0.39 is 31.2 Å². The molecule has 0 spiro atoms. The van der Waals surface area contributed by atoms with Crippen molar-refractivity contribution in [2.45, 2.75) is 50.0 Å². The van der Waals surface area contributed by atoms with E-state index in [0.29, 0.717) is 55.8 Å². The molecule has 2 aromatic carbocycles. The molecule has 2 heterocycles. The van der Waals surface area contributed by atoms with E-state index in [2.05, 4.69) is 25.2 Å². The molecule has 39 heavy (non-hydrogen) atoms. The van der Waals surface area contributed by atoms with E-state index in [0.717, 1.165) is 23.3 Å². The number of aromatic nitrogens is 4. The van der Waals surface area contributed by atoms with Crippen molar-refractivity contribution in [3.63, 3.8) is 0 Å². The van der Waals surface area contributed by atoms with Crippen LogP contribution in [0.2, 0.25) is 0 Å². The number of carbonyl (C=O) groups is 1. The molecule has 0 unspecified atom stereocenters. The second-order valence-electron chi connectivity index (χ2n) is 9.07. The molecule has 0 N–H and O–H groups in total. The summed E-state index contributed by atoms with van der Waals surface area (Å²) in [6.45, 7) is 2.87. The summed E-state index contributed by atoms with van der Waals surface area (Å²) in [5.74, 6) is -0.509. The van der Waals surface area contributed by atoms with Gasteiger partial charge >= 0.3 is 10.5 Å². The third-order valence-corrected chi connectivity index (χ3v) is 8.65. The molecular formula is C24H24FN7O5S2. The van der Waals surface area contributed by atoms with Crippen molar-refractivity contribution < 1.29 is 26.0 Å². The highest BCUT2D eigenvalue weighted by molar-refractivity contribution is 7.94. The SMILES string of the molecule is Cc1nnn(Cc2cc(C#N)ccc2CCC(=O)N2CCC(c3ccc(S(=O)(=O)N=S(=O)=O)cc3F)CC2)n1. The number of sulfonamides is 1. The molecule has 1 saturated heterocycles. The van der Waals surface area contributed by atoms with Gasteiger partial charge in [0, 0.05) is 19.5 Å². The first-order valence-electron chi connectivity index (χ1n) is 12.0. The van der Waals surface area contributed by atoms with Crippen LogP contribution in [0.3, 0.4) is 0 Å². The van der Waals surface area contributed by atoms with E-state index in [9.17, 15) is 31.3 Å². The van der Waals surface area contributed by atoms with Crippen molar-refractivity contribution >= 4 is 26.4 Å². The molecular weight excluding hydrogens is 549 g/mol. The zero-order valence-corrected chi connectivity index (χ0v) is 22.5. The van der Waals surface area contributed by atoms with E-state index in [1.54, 1.807) is 24.0 Å². The minimum absolute atomic E-state index is 0.0485. The van der Waals surface area contributed by atoms with E-state index in [1.165, 1.54) is 10.9 Å². The number of hydrogen-bond donors (Lipinski definition) is 0. The summed E-state index contributed by atoms with van der Waals surface area (Å²) in [5, 5.41) is 21.3. The van der Waals surface area contributed by atoms with Gasteiger partial charge in [-0.3, -0.25) is 4.79 Å². The number of nitriles is 1. The van der Waals surface area contributed by atoms with Crippen LogP contribution in [0.5, 0.6) is 0 Å². The quantitative estimate of drug-likeness (QED) is 0.392. The Morgan fingerprint density at radius 2 is 1.92 bits per heavy atom. The molecule has 204 valence electrons. The van der Waals surface area contributed by atoms with Crippen LogP contribution in [0, 0.1) is 24.1 Å². The highest BCUT2D eigenvalue weighted by Crippen LogP contribution is 2.31. The Balaban J connectivity index is 1.37. The van der Waals surface area contributed by atoms with Gasteiger partial charge in [-0.15, -0.1) is 10.2 Å². The maximum atomic E-state index is 14.7. The van der Waals surface area contributed by atoms with Crippen LogP contribution in [0.15, 0.2) is 45.1 Å². The summed E-state index contributed by atoms with van der Waals surface area (Å²) in [7, 11) is -7.69. The Hall–Kier alpha value is -4.03. The molecule has 1 aliphatic rings. The van der Waals surface area contributed by atoms with Crippen LogP contribution in [-0.2, 0) is 38.3 Å². The first-order chi connectivity index (χ1) is 18.6. The number of amides is 1. The van der Waals surface area contributed by atoms with Crippen LogP contribution in [0.25, 0.3) is 0 Å². The largest absolute Gasteiger partial charge is 0.343 e. The van der Waals surface area contributed by atoms with Gasteiger partial charge in [0.1, 0.15) is 5.82 Å². The van der Waals surface area contributed by atoms with Gasteiger partial charge in [-0.05, 0) is 82.0 Å². The van der Waals surface area contributed by atoms with Crippen molar-refractivity contribution in [3.8, 4) is 6.07 Å². The lowest BCUT2D eigenvalue weighted by Gasteiger charge is -2.32. The molecule has 0 aliphatic carbocycles. The zero-order valence-electron chi connectivity index (χ0n) is 20.9. The topological polar surface area (TPSA) is 168 Å². The molecule has 4 rings (SSSR count). The second-order valence-corrected chi connectivity index (χ2v) is 11.5. The number of hydrogen-bond acceptors (Lipinski definition) is 9. The van der Waals surface area contributed by atoms with Gasteiger partial charge < -0.3 is 4.90 Å². The van der Waals surface area contributed by atoms with E-state index >= 15 is 0 Å². The lowest BCUT2D eigenvalue weighted by Crippen LogP contribution is -2.38. The highest BCUT2D eigenvalue weighted by atomic mass is 32.2. The Morgan fingerprint density at radius 3 is 2.54 bits per heavy atom. The minimum Gasteiger partial charge on any atom is -0.343 e. The monoisotopic (exact) mass is 573 g/mol. The molecule has 0 bridgehead atoms. The predicted molar refractivity (Wildman–Crippen MR) is 135 cm³/mol. The van der Waals surface area contributed by atoms with Crippen molar-refractivity contribution in [2.75, 3.05) is 13.1 Å². The van der Waals surface area contributed by atoms with Crippen LogP contribution in [0.1, 0.15) is 53.3 Å². The lowest BCUT2D eigenvalue weighted by atomic mass is 9.89. The Labute approximate surface area is 225 Å². The van der Waals surface area contributed by atoms with Crippen molar-refractivity contribution in [2.24, 2.45) is 3.77 Å². The van der Waals surface area contributed by atoms with Gasteiger partial charge in [0.05, 0.1) is 23.1 Å². The first kappa shape index (κ1) is 28.0. The van der Waals surface area contributed by atoms with Gasteiger partial charge in [-0.25, -0.2) is 4.39 Å². The van der Waals surface area contributed by atoms with Crippen molar-refractivity contribution in [3.05, 3.63) is 70.3 Å². The number of carbonyl (C=O) groups excluding carboxylic acids is 1. The van der Waals surface area contributed by atoms with Gasteiger partial charge in [-0.1, -0.05) is 12.1 Å². The summed E-state index contributed by atoms with van der Waals surface area (Å²) in [6, 6.07) is 10.6. The maximum Gasteiger partial charge on any atom is 0.327 e. The zero-order chi connectivity index (χ0) is 28.2. The number of halogens is 1. The van der Waals surface area contributed by atoms with Gasteiger partial charge in [0.2, 0.25) is 5.91 Å². The summed E-state index contributed by atoms with van der Waals surface area (Å²) >= 11 is 0. The number of piperidine rings is 1. The average molecular weight is 574 g/mol. The molecule has 0 saturated carbocycles. The Kier molecular flexibility index (Phi) is 8.46. The third kappa shape index (κ3) is 6.89. The van der Waals surface area contributed by atoms with Crippen LogP contribution >= 0.6 is 0 Å². The molecule has 12 nitrogen and oxygen atoms in total. The summed E-state index contributed by atoms with van der Waals surface area (Å²) in [6.07, 6.45) is 1.68. The third-order valence-electron chi connectivity index (χ3n) is 6.52. The molecule has 1 aromatic heterocycles. The number of nitrogens with zero attached hydrogens (tertiary/aromatic N) is 7. The molecule has 1 amide bonds. The number of tetrazole rings is 1. The van der Waals surface area contributed by atoms with Crippen LogP contribution in [0.4, 0.5) is 4.39 Å². The number of benzene rings is 2. The first-order valence-corrected chi connectivity index (χ1v) is 14.4. The average Bonchev–Trinajstić information content (AvgIpc) is 3.31. The molecule has 1 aliphatic heterocycles. The lowest BCUT2D eigenvalue weighted by molar-refractivity contribution is -0.132. The number of aryl methyl sites for hydroxylation is 2. The summed E-state index contributed by atoms with van der Waals surface area (Å²) in [5.41, 5.74) is 2.53. The van der Waals surface area contributed by atoms with Gasteiger partial charge in [0.15, 0.2) is 5.82 Å². The van der Waals surface area contributed by atoms with Crippen molar-refractivity contribution in [1.82, 2.24) is 25.1 Å². The minimum atomic E-state index is -4.51. The second kappa shape index (κ2) is 11.8. The van der Waals surface area contributed by atoms with E-state index in [-0.39, 0.29) is 18.2 Å². The van der Waals surface area contributed by atoms with Crippen molar-refractivity contribution in [1.29, 1.82) is 5.26 Å². The fourth-order valence-corrected chi connectivity index (χ4v) is 6.07. The normalized spacial score (nSPS) is 14.1. The van der Waals surface area contributed by atoms with E-state index in [4.69, 9.17) is 0 Å². The maximum absolute atomic E-state index is 14.7. The van der Waals surface area contributed by atoms with Gasteiger partial charge in [-0.2, -0.15) is 26.9 Å². The number of rotatable bonds is 8. The van der Waals surface area contributed by atoms with Gasteiger partial charge in [0.25, 0.3) is 10.0 Å². The smallest absolute Gasteiger partial charge is 0.327 e. The summed E-state index contributed by atoms with van der Waals surface area (Å²) in [4.78, 5) is 15.6. The fraction of sp³-hybridized carbons (Fsp3) is 0.375. The molecule has 15 heteroatoms. The molecule has 1 fully saturated rings. The molecule has 3 aromatic rings. The van der Waals surface area contributed by atoms with Crippen LogP contribution in [-0.4, -0.2) is 60.9 Å². The summed E-state index contributed by atoms with van der Waals surface area (Å²) < 4.78 is 62.4. The Bertz CT molecular complexity index is 1680. The molecule has 0 atom stereocenters. The van der Waals surface area contributed by atoms with Crippen LogP contribution < -0.4 is 0 Å². The highest BCUT2D eigenvalue weighted by Gasteiger charge is 2.27. The molecule has 0 radical (unpaired) electrons. The Morgan fingerprint density at radius 1 is 1.18 bits per heavy atom. The number of likely N-dealkylation sites (tertiary alicyclic amines) is 1. The standard InChI is InChI=1S/C24H24FN7O5S2/c1-16-27-29-32(28-16)15-20-12-17(14-26)2-3-18(20)4-7-24(33)31-10-8-19(9-11-31)22-6-5-21(13-23(22)25)39(36,37)30-38(34)35/h2-3,5-6,12-13,19H,4,7-11,15H2,1H3. The van der Waals surface area contributed by atoms with E-state index in [1.807, 2.05) is 6.07 Å². The predicted octanol–water partition coefficient (Wildman–Crippen LogP) is 2.13.